The highest BCUT2D eigenvalue weighted by molar-refractivity contribution is 6.35. The van der Waals surface area contributed by atoms with Crippen LogP contribution >= 0.6 is 23.2 Å². The van der Waals surface area contributed by atoms with Crippen LogP contribution in [0.15, 0.2) is 18.2 Å². The molecule has 7 heteroatoms. The first-order valence-electron chi connectivity index (χ1n) is 4.64. The Labute approximate surface area is 106 Å². The molecule has 96 valence electrons. The molecular weight excluding hydrogens is 278 g/mol. The van der Waals surface area contributed by atoms with Gasteiger partial charge >= 0.3 is 6.18 Å². The average molecular weight is 288 g/mol. The summed E-state index contributed by atoms with van der Waals surface area (Å²) in [7, 11) is 0. The standard InChI is InChI=1S/C10H10Cl2F3NO/c11-6-1-2-7(8(12)3-6)9(16)4-17-5-10(13,14)15/h1-3,9H,4-5,16H2. The normalized spacial score (nSPS) is 13.8. The van der Waals surface area contributed by atoms with Gasteiger partial charge < -0.3 is 10.5 Å². The summed E-state index contributed by atoms with van der Waals surface area (Å²) in [4.78, 5) is 0. The molecule has 0 fully saturated rings. The molecule has 1 unspecified atom stereocenters. The fourth-order valence-corrected chi connectivity index (χ4v) is 1.74. The topological polar surface area (TPSA) is 35.2 Å². The Hall–Kier alpha value is -0.490. The van der Waals surface area contributed by atoms with E-state index in [1.54, 1.807) is 12.1 Å². The van der Waals surface area contributed by atoms with Crippen molar-refractivity contribution in [1.29, 1.82) is 0 Å². The van der Waals surface area contributed by atoms with Crippen molar-refractivity contribution < 1.29 is 17.9 Å². The van der Waals surface area contributed by atoms with Gasteiger partial charge in [0.2, 0.25) is 0 Å². The van der Waals surface area contributed by atoms with Gasteiger partial charge in [0.25, 0.3) is 0 Å². The molecule has 0 bridgehead atoms. The van der Waals surface area contributed by atoms with E-state index >= 15 is 0 Å². The van der Waals surface area contributed by atoms with Gasteiger partial charge in [-0.3, -0.25) is 0 Å². The van der Waals surface area contributed by atoms with Crippen LogP contribution in [0.25, 0.3) is 0 Å². The first kappa shape index (κ1) is 14.6. The van der Waals surface area contributed by atoms with E-state index in [1.165, 1.54) is 6.07 Å². The third kappa shape index (κ3) is 5.12. The molecule has 17 heavy (non-hydrogen) atoms. The molecule has 2 nitrogen and oxygen atoms in total. The van der Waals surface area contributed by atoms with Crippen LogP contribution in [0.5, 0.6) is 0 Å². The van der Waals surface area contributed by atoms with Crippen LogP contribution < -0.4 is 5.73 Å². The fourth-order valence-electron chi connectivity index (χ4n) is 1.19. The second kappa shape index (κ2) is 5.91. The van der Waals surface area contributed by atoms with E-state index in [0.717, 1.165) is 0 Å². The number of ether oxygens (including phenoxy) is 1. The summed E-state index contributed by atoms with van der Waals surface area (Å²) in [5, 5.41) is 0.739. The second-order valence-corrected chi connectivity index (χ2v) is 4.25. The summed E-state index contributed by atoms with van der Waals surface area (Å²) in [6, 6.07) is 3.88. The van der Waals surface area contributed by atoms with Crippen molar-refractivity contribution >= 4 is 23.2 Å². The summed E-state index contributed by atoms with van der Waals surface area (Å²) in [5.41, 5.74) is 6.15. The summed E-state index contributed by atoms with van der Waals surface area (Å²) < 4.78 is 40.0. The predicted octanol–water partition coefficient (Wildman–Crippen LogP) is 3.57. The van der Waals surface area contributed by atoms with Crippen molar-refractivity contribution in [3.63, 3.8) is 0 Å². The number of hydrogen-bond acceptors (Lipinski definition) is 2. The van der Waals surface area contributed by atoms with Gasteiger partial charge in [-0.05, 0) is 17.7 Å². The lowest BCUT2D eigenvalue weighted by Gasteiger charge is -2.15. The van der Waals surface area contributed by atoms with Crippen LogP contribution in [0, 0.1) is 0 Å². The van der Waals surface area contributed by atoms with Crippen molar-refractivity contribution in [3.05, 3.63) is 33.8 Å². The number of alkyl halides is 3. The zero-order valence-corrected chi connectivity index (χ0v) is 10.1. The van der Waals surface area contributed by atoms with Gasteiger partial charge in [0.1, 0.15) is 6.61 Å². The maximum atomic E-state index is 11.8. The molecule has 0 saturated carbocycles. The Morgan fingerprint density at radius 3 is 2.47 bits per heavy atom. The number of benzene rings is 1. The molecule has 0 aliphatic heterocycles. The molecule has 1 atom stereocenters. The minimum atomic E-state index is -4.36. The van der Waals surface area contributed by atoms with Gasteiger partial charge in [-0.25, -0.2) is 0 Å². The SMILES string of the molecule is NC(COCC(F)(F)F)c1ccc(Cl)cc1Cl. The van der Waals surface area contributed by atoms with Gasteiger partial charge in [-0.15, -0.1) is 0 Å². The van der Waals surface area contributed by atoms with Gasteiger partial charge in [-0.2, -0.15) is 13.2 Å². The Kier molecular flexibility index (Phi) is 5.06. The average Bonchev–Trinajstić information content (AvgIpc) is 2.15. The minimum Gasteiger partial charge on any atom is -0.370 e. The first-order chi connectivity index (χ1) is 7.79. The first-order valence-corrected chi connectivity index (χ1v) is 5.40. The summed E-state index contributed by atoms with van der Waals surface area (Å²) in [5.74, 6) is 0. The predicted molar refractivity (Wildman–Crippen MR) is 60.3 cm³/mol. The largest absolute Gasteiger partial charge is 0.411 e. The van der Waals surface area contributed by atoms with Gasteiger partial charge in [0, 0.05) is 10.0 Å². The maximum Gasteiger partial charge on any atom is 0.411 e. The number of halogens is 5. The quantitative estimate of drug-likeness (QED) is 0.919. The van der Waals surface area contributed by atoms with Crippen molar-refractivity contribution in [3.8, 4) is 0 Å². The molecule has 0 aliphatic carbocycles. The van der Waals surface area contributed by atoms with E-state index in [2.05, 4.69) is 4.74 Å². The smallest absolute Gasteiger partial charge is 0.370 e. The molecule has 1 aromatic carbocycles. The van der Waals surface area contributed by atoms with Crippen LogP contribution in [0.4, 0.5) is 13.2 Å². The van der Waals surface area contributed by atoms with Crippen molar-refractivity contribution in [1.82, 2.24) is 0 Å². The highest BCUT2D eigenvalue weighted by Gasteiger charge is 2.27. The highest BCUT2D eigenvalue weighted by Crippen LogP contribution is 2.25. The molecule has 0 aliphatic rings. The van der Waals surface area contributed by atoms with Crippen LogP contribution in [-0.2, 0) is 4.74 Å². The van der Waals surface area contributed by atoms with Gasteiger partial charge in [0.05, 0.1) is 12.6 Å². The Morgan fingerprint density at radius 1 is 1.29 bits per heavy atom. The monoisotopic (exact) mass is 287 g/mol. The maximum absolute atomic E-state index is 11.8. The van der Waals surface area contributed by atoms with Gasteiger partial charge in [0.15, 0.2) is 0 Å². The molecule has 0 aromatic heterocycles. The zero-order chi connectivity index (χ0) is 13.1. The molecule has 0 saturated heterocycles. The summed E-state index contributed by atoms with van der Waals surface area (Å²) in [6.07, 6.45) is -4.36. The Balaban J connectivity index is 2.55. The lowest BCUT2D eigenvalue weighted by Crippen LogP contribution is -2.23. The number of nitrogens with two attached hydrogens (primary N) is 1. The molecule has 0 heterocycles. The summed E-state index contributed by atoms with van der Waals surface area (Å²) in [6.45, 7) is -1.59. The Morgan fingerprint density at radius 2 is 1.94 bits per heavy atom. The molecule has 0 spiro atoms. The third-order valence-electron chi connectivity index (χ3n) is 1.93. The van der Waals surface area contributed by atoms with Crippen LogP contribution in [-0.4, -0.2) is 19.4 Å². The van der Waals surface area contributed by atoms with Crippen LogP contribution in [0.2, 0.25) is 10.0 Å². The second-order valence-electron chi connectivity index (χ2n) is 3.40. The molecule has 0 radical (unpaired) electrons. The van der Waals surface area contributed by atoms with E-state index in [4.69, 9.17) is 28.9 Å². The van der Waals surface area contributed by atoms with Crippen molar-refractivity contribution in [2.75, 3.05) is 13.2 Å². The van der Waals surface area contributed by atoms with E-state index in [9.17, 15) is 13.2 Å². The molecule has 2 N–H and O–H groups in total. The molecular formula is C10H10Cl2F3NO. The highest BCUT2D eigenvalue weighted by atomic mass is 35.5. The van der Waals surface area contributed by atoms with E-state index in [1.807, 2.05) is 0 Å². The molecule has 1 aromatic rings. The van der Waals surface area contributed by atoms with Crippen molar-refractivity contribution in [2.24, 2.45) is 5.73 Å². The van der Waals surface area contributed by atoms with Gasteiger partial charge in [-0.1, -0.05) is 29.3 Å². The number of hydrogen-bond donors (Lipinski definition) is 1. The van der Waals surface area contributed by atoms with E-state index < -0.39 is 18.8 Å². The lowest BCUT2D eigenvalue weighted by molar-refractivity contribution is -0.174. The third-order valence-corrected chi connectivity index (χ3v) is 2.49. The number of rotatable bonds is 4. The van der Waals surface area contributed by atoms with Crippen LogP contribution in [0.3, 0.4) is 0 Å². The Bertz CT molecular complexity index is 384. The van der Waals surface area contributed by atoms with E-state index in [0.29, 0.717) is 15.6 Å². The molecule has 0 amide bonds. The van der Waals surface area contributed by atoms with Crippen LogP contribution in [0.1, 0.15) is 11.6 Å². The zero-order valence-electron chi connectivity index (χ0n) is 8.60. The fraction of sp³-hybridized carbons (Fsp3) is 0.400. The lowest BCUT2D eigenvalue weighted by atomic mass is 10.1. The minimum absolute atomic E-state index is 0.263. The van der Waals surface area contributed by atoms with E-state index in [-0.39, 0.29) is 6.61 Å². The van der Waals surface area contributed by atoms with Crippen molar-refractivity contribution in [2.45, 2.75) is 12.2 Å². The summed E-state index contributed by atoms with van der Waals surface area (Å²) >= 11 is 11.5. The molecule has 1 rings (SSSR count).